The van der Waals surface area contributed by atoms with Crippen molar-refractivity contribution in [3.05, 3.63) is 71.9 Å². The van der Waals surface area contributed by atoms with Gasteiger partial charge in [-0.1, -0.05) is 53.0 Å². The Hall–Kier alpha value is -4.33. The lowest BCUT2D eigenvalue weighted by Crippen LogP contribution is -2.47. The minimum Gasteiger partial charge on any atom is -0.476 e. The van der Waals surface area contributed by atoms with Crippen molar-refractivity contribution in [2.24, 2.45) is 0 Å². The smallest absolute Gasteiger partial charge is 0.357 e. The molecule has 11 nitrogen and oxygen atoms in total. The number of para-hydroxylation sites is 2. The van der Waals surface area contributed by atoms with E-state index in [1.165, 1.54) is 11.3 Å². The van der Waals surface area contributed by atoms with E-state index in [0.29, 0.717) is 47.9 Å². The van der Waals surface area contributed by atoms with Crippen LogP contribution in [-0.2, 0) is 0 Å². The number of fused-ring (bicyclic) bond motifs is 1. The predicted octanol–water partition coefficient (Wildman–Crippen LogP) is 5.18. The number of nitrogens with zero attached hydrogens (tertiary/aromatic N) is 7. The average molecular weight is 575 g/mol. The second kappa shape index (κ2) is 11.0. The number of benzene rings is 2. The molecule has 0 saturated carbocycles. The normalized spacial score (nSPS) is 13.9. The van der Waals surface area contributed by atoms with E-state index in [4.69, 9.17) is 4.84 Å². The number of carboxylic acid groups (broad SMARTS) is 1. The third kappa shape index (κ3) is 5.39. The van der Waals surface area contributed by atoms with E-state index < -0.39 is 5.97 Å². The van der Waals surface area contributed by atoms with Gasteiger partial charge in [0, 0.05) is 20.1 Å². The number of piperazine rings is 1. The lowest BCUT2D eigenvalue weighted by atomic mass is 10.3. The van der Waals surface area contributed by atoms with Crippen LogP contribution in [0, 0.1) is 6.92 Å². The summed E-state index contributed by atoms with van der Waals surface area (Å²) in [4.78, 5) is 30.9. The van der Waals surface area contributed by atoms with Crippen molar-refractivity contribution in [3.63, 3.8) is 0 Å². The van der Waals surface area contributed by atoms with Crippen molar-refractivity contribution in [2.75, 3.05) is 48.3 Å². The van der Waals surface area contributed by atoms with Gasteiger partial charge in [0.25, 0.3) is 0 Å². The zero-order chi connectivity index (χ0) is 27.6. The lowest BCUT2D eigenvalue weighted by molar-refractivity contribution is -0.0618. The molecule has 1 aliphatic rings. The van der Waals surface area contributed by atoms with Crippen LogP contribution >= 0.6 is 22.7 Å². The van der Waals surface area contributed by atoms with Crippen LogP contribution in [0.15, 0.2) is 60.7 Å². The Morgan fingerprint density at radius 3 is 2.48 bits per heavy atom. The van der Waals surface area contributed by atoms with Crippen LogP contribution < -0.4 is 20.0 Å². The molecule has 1 aliphatic heterocycles. The van der Waals surface area contributed by atoms with E-state index in [1.807, 2.05) is 84.6 Å². The van der Waals surface area contributed by atoms with Crippen LogP contribution in [0.3, 0.4) is 0 Å². The highest BCUT2D eigenvalue weighted by molar-refractivity contribution is 7.22. The van der Waals surface area contributed by atoms with E-state index in [1.54, 1.807) is 16.2 Å². The Kier molecular flexibility index (Phi) is 7.15. The molecule has 2 aromatic carbocycles. The first-order valence-electron chi connectivity index (χ1n) is 12.6. The largest absolute Gasteiger partial charge is 0.476 e. The summed E-state index contributed by atoms with van der Waals surface area (Å²) in [6, 6.07) is 19.5. The molecule has 0 atom stereocenters. The Morgan fingerprint density at radius 2 is 1.75 bits per heavy atom. The molecular weight excluding hydrogens is 548 g/mol. The number of aromatic nitrogens is 4. The van der Waals surface area contributed by atoms with Gasteiger partial charge in [-0.15, -0.1) is 15.3 Å². The average Bonchev–Trinajstić information content (AvgIpc) is 3.59. The van der Waals surface area contributed by atoms with E-state index >= 15 is 0 Å². The summed E-state index contributed by atoms with van der Waals surface area (Å²) in [7, 11) is 1.81. The summed E-state index contributed by atoms with van der Waals surface area (Å²) in [6.07, 6.45) is 0. The first kappa shape index (κ1) is 25.9. The summed E-state index contributed by atoms with van der Waals surface area (Å²) < 4.78 is 1.09. The van der Waals surface area contributed by atoms with Gasteiger partial charge in [-0.3, -0.25) is 0 Å². The quantitative estimate of drug-likeness (QED) is 0.255. The summed E-state index contributed by atoms with van der Waals surface area (Å²) in [5, 5.41) is 25.7. The number of nitrogens with one attached hydrogen (secondary N) is 1. The highest BCUT2D eigenvalue weighted by Gasteiger charge is 2.28. The molecule has 1 fully saturated rings. The highest BCUT2D eigenvalue weighted by Crippen LogP contribution is 2.37. The van der Waals surface area contributed by atoms with Crippen LogP contribution in [-0.4, -0.2) is 69.5 Å². The summed E-state index contributed by atoms with van der Waals surface area (Å²) in [6.45, 7) is 4.43. The molecule has 2 N–H and O–H groups in total. The Labute approximate surface area is 238 Å². The van der Waals surface area contributed by atoms with Crippen molar-refractivity contribution in [3.8, 4) is 5.75 Å². The van der Waals surface area contributed by atoms with Crippen molar-refractivity contribution in [1.82, 2.24) is 25.2 Å². The van der Waals surface area contributed by atoms with Crippen LogP contribution in [0.4, 0.5) is 26.9 Å². The second-order valence-electron chi connectivity index (χ2n) is 9.18. The SMILES string of the molecule is Cc1cc(N(C)c2nc(C(=O)O)c(N3CCN(Oc4ccccc4)CC3)s2)nnc1Nc1nc2ccccc2s1. The Balaban J connectivity index is 1.16. The molecule has 0 aliphatic carbocycles. The van der Waals surface area contributed by atoms with Gasteiger partial charge in [0.05, 0.1) is 23.3 Å². The molecule has 1 saturated heterocycles. The maximum absolute atomic E-state index is 12.1. The fourth-order valence-corrected chi connectivity index (χ4v) is 6.24. The molecule has 0 spiro atoms. The first-order valence-corrected chi connectivity index (χ1v) is 14.3. The number of carboxylic acids is 1. The van der Waals surface area contributed by atoms with Gasteiger partial charge >= 0.3 is 5.97 Å². The highest BCUT2D eigenvalue weighted by atomic mass is 32.1. The predicted molar refractivity (Wildman–Crippen MR) is 158 cm³/mol. The topological polar surface area (TPSA) is 120 Å². The van der Waals surface area contributed by atoms with Crippen molar-refractivity contribution in [2.45, 2.75) is 6.92 Å². The Morgan fingerprint density at radius 1 is 1.00 bits per heavy atom. The molecule has 13 heteroatoms. The maximum Gasteiger partial charge on any atom is 0.357 e. The lowest BCUT2D eigenvalue weighted by Gasteiger charge is -2.34. The third-order valence-corrected chi connectivity index (χ3v) is 8.57. The molecule has 5 aromatic rings. The van der Waals surface area contributed by atoms with Gasteiger partial charge in [0.2, 0.25) is 0 Å². The number of aryl methyl sites for hydroxylation is 1. The molecule has 204 valence electrons. The minimum absolute atomic E-state index is 0.0306. The first-order chi connectivity index (χ1) is 19.4. The summed E-state index contributed by atoms with van der Waals surface area (Å²) in [5.74, 6) is 0.886. The molecule has 6 rings (SSSR count). The van der Waals surface area contributed by atoms with Gasteiger partial charge in [0.15, 0.2) is 27.6 Å². The number of hydrogen-bond acceptors (Lipinski definition) is 12. The fourth-order valence-electron chi connectivity index (χ4n) is 4.29. The molecule has 0 radical (unpaired) electrons. The fraction of sp³-hybridized carbons (Fsp3) is 0.222. The van der Waals surface area contributed by atoms with Gasteiger partial charge in [0.1, 0.15) is 10.8 Å². The van der Waals surface area contributed by atoms with Crippen LogP contribution in [0.2, 0.25) is 0 Å². The number of carbonyl (C=O) groups is 1. The van der Waals surface area contributed by atoms with Gasteiger partial charge in [-0.2, -0.15) is 0 Å². The zero-order valence-electron chi connectivity index (χ0n) is 21.8. The maximum atomic E-state index is 12.1. The number of hydroxylamine groups is 2. The standard InChI is InChI=1S/C27H26N8O3S2/c1-17-16-21(31-32-23(17)30-26-28-19-10-6-7-11-20(19)39-26)33(2)27-29-22(25(36)37)24(40-27)34-12-14-35(15-13-34)38-18-8-4-3-5-9-18/h3-11,16H,12-15H2,1-2H3,(H,36,37)(H,28,30,32). The van der Waals surface area contributed by atoms with Gasteiger partial charge in [-0.05, 0) is 42.8 Å². The Bertz CT molecular complexity index is 1620. The zero-order valence-corrected chi connectivity index (χ0v) is 23.4. The number of hydrogen-bond donors (Lipinski definition) is 2. The van der Waals surface area contributed by atoms with Crippen LogP contribution in [0.1, 0.15) is 16.1 Å². The molecule has 0 bridgehead atoms. The minimum atomic E-state index is -1.06. The summed E-state index contributed by atoms with van der Waals surface area (Å²) in [5.41, 5.74) is 1.83. The molecule has 0 amide bonds. The van der Waals surface area contributed by atoms with Crippen molar-refractivity contribution >= 4 is 65.8 Å². The second-order valence-corrected chi connectivity index (χ2v) is 11.2. The van der Waals surface area contributed by atoms with Crippen molar-refractivity contribution < 1.29 is 14.7 Å². The molecule has 3 aromatic heterocycles. The molecule has 40 heavy (non-hydrogen) atoms. The number of rotatable bonds is 8. The monoisotopic (exact) mass is 574 g/mol. The molecule has 4 heterocycles. The van der Waals surface area contributed by atoms with Gasteiger partial charge < -0.3 is 25.1 Å². The molecular formula is C27H26N8O3S2. The van der Waals surface area contributed by atoms with E-state index in [0.717, 1.165) is 26.7 Å². The summed E-state index contributed by atoms with van der Waals surface area (Å²) >= 11 is 2.88. The number of thiazole rings is 2. The van der Waals surface area contributed by atoms with Crippen LogP contribution in [0.5, 0.6) is 5.75 Å². The van der Waals surface area contributed by atoms with E-state index in [9.17, 15) is 9.90 Å². The van der Waals surface area contributed by atoms with Gasteiger partial charge in [-0.25, -0.2) is 14.8 Å². The molecule has 0 unspecified atom stereocenters. The number of anilines is 5. The third-order valence-electron chi connectivity index (χ3n) is 6.43. The van der Waals surface area contributed by atoms with E-state index in [2.05, 4.69) is 25.5 Å². The van der Waals surface area contributed by atoms with Crippen LogP contribution in [0.25, 0.3) is 10.2 Å². The van der Waals surface area contributed by atoms with E-state index in [-0.39, 0.29) is 5.69 Å². The number of aromatic carboxylic acids is 1. The van der Waals surface area contributed by atoms with Crippen molar-refractivity contribution in [1.29, 1.82) is 0 Å².